The Kier molecular flexibility index (Phi) is 4.78. The van der Waals surface area contributed by atoms with E-state index in [4.69, 9.17) is 11.6 Å². The number of Topliss-reactive ketones (excluding diaryl/α,β-unsaturated/α-hetero) is 1. The number of benzene rings is 2. The van der Waals surface area contributed by atoms with Gasteiger partial charge >= 0.3 is 5.97 Å². The number of hydrogen-bond donors (Lipinski definition) is 1. The fourth-order valence-corrected chi connectivity index (χ4v) is 4.77. The van der Waals surface area contributed by atoms with Gasteiger partial charge in [-0.15, -0.1) is 22.7 Å². The second kappa shape index (κ2) is 7.23. The first-order valence-corrected chi connectivity index (χ1v) is 10.1. The predicted molar refractivity (Wildman–Crippen MR) is 109 cm³/mol. The second-order valence-corrected chi connectivity index (χ2v) is 8.18. The van der Waals surface area contributed by atoms with Gasteiger partial charge in [0, 0.05) is 27.4 Å². The summed E-state index contributed by atoms with van der Waals surface area (Å²) in [6, 6.07) is 12.3. The number of aromatic carboxylic acids is 1. The molecule has 0 radical (unpaired) electrons. The van der Waals surface area contributed by atoms with Gasteiger partial charge < -0.3 is 5.11 Å². The van der Waals surface area contributed by atoms with E-state index in [2.05, 4.69) is 4.98 Å². The number of fused-ring (bicyclic) bond motifs is 1. The molecule has 7 heteroatoms. The first kappa shape index (κ1) is 17.9. The van der Waals surface area contributed by atoms with Gasteiger partial charge in [0.2, 0.25) is 0 Å². The lowest BCUT2D eigenvalue weighted by Gasteiger charge is -2.05. The third kappa shape index (κ3) is 3.51. The van der Waals surface area contributed by atoms with Gasteiger partial charge in [-0.05, 0) is 41.3 Å². The molecule has 0 atom stereocenters. The van der Waals surface area contributed by atoms with Crippen LogP contribution in [0.3, 0.4) is 0 Å². The molecule has 0 unspecified atom stereocenters. The monoisotopic (exact) mass is 413 g/mol. The van der Waals surface area contributed by atoms with Crippen LogP contribution in [0.1, 0.15) is 25.6 Å². The molecule has 0 spiro atoms. The summed E-state index contributed by atoms with van der Waals surface area (Å²) in [5.41, 5.74) is 4.68. The molecule has 0 aliphatic heterocycles. The summed E-state index contributed by atoms with van der Waals surface area (Å²) in [7, 11) is 0. The van der Waals surface area contributed by atoms with Crippen LogP contribution in [0.2, 0.25) is 5.02 Å². The first-order chi connectivity index (χ1) is 13.0. The van der Waals surface area contributed by atoms with Gasteiger partial charge in [0.25, 0.3) is 0 Å². The Morgan fingerprint density at radius 3 is 2.59 bits per heavy atom. The third-order valence-corrected chi connectivity index (χ3v) is 6.24. The highest BCUT2D eigenvalue weighted by Crippen LogP contribution is 2.33. The molecule has 4 rings (SSSR count). The van der Waals surface area contributed by atoms with Crippen molar-refractivity contribution in [2.45, 2.75) is 6.42 Å². The van der Waals surface area contributed by atoms with E-state index >= 15 is 0 Å². The second-order valence-electron chi connectivity index (χ2n) is 5.89. The Bertz CT molecular complexity index is 1160. The average Bonchev–Trinajstić information content (AvgIpc) is 3.28. The molecule has 0 saturated heterocycles. The summed E-state index contributed by atoms with van der Waals surface area (Å²) in [5.74, 6) is -1.15. The highest BCUT2D eigenvalue weighted by atomic mass is 35.5. The van der Waals surface area contributed by atoms with Gasteiger partial charge in [-0.2, -0.15) is 0 Å². The summed E-state index contributed by atoms with van der Waals surface area (Å²) in [5, 5.41) is 12.1. The molecule has 0 bridgehead atoms. The fourth-order valence-electron chi connectivity index (χ4n) is 2.88. The normalized spacial score (nSPS) is 11.0. The van der Waals surface area contributed by atoms with Crippen molar-refractivity contribution < 1.29 is 14.7 Å². The summed E-state index contributed by atoms with van der Waals surface area (Å²) < 4.78 is 0.937. The van der Waals surface area contributed by atoms with E-state index in [-0.39, 0.29) is 17.8 Å². The summed E-state index contributed by atoms with van der Waals surface area (Å²) in [4.78, 5) is 29.3. The molecule has 2 heterocycles. The number of rotatable bonds is 5. The minimum absolute atomic E-state index is 0.0458. The van der Waals surface area contributed by atoms with Gasteiger partial charge in [-0.1, -0.05) is 23.7 Å². The number of nitrogens with zero attached hydrogens (tertiary/aromatic N) is 1. The minimum atomic E-state index is -1.04. The smallest absolute Gasteiger partial charge is 0.337 e. The molecule has 2 aromatic carbocycles. The van der Waals surface area contributed by atoms with E-state index in [9.17, 15) is 14.7 Å². The molecule has 134 valence electrons. The van der Waals surface area contributed by atoms with Crippen molar-refractivity contribution in [3.8, 4) is 11.1 Å². The summed E-state index contributed by atoms with van der Waals surface area (Å²) >= 11 is 8.67. The van der Waals surface area contributed by atoms with E-state index in [0.717, 1.165) is 15.8 Å². The zero-order valence-corrected chi connectivity index (χ0v) is 16.2. The average molecular weight is 414 g/mol. The van der Waals surface area contributed by atoms with Crippen molar-refractivity contribution >= 4 is 56.2 Å². The molecule has 4 nitrogen and oxygen atoms in total. The van der Waals surface area contributed by atoms with Crippen molar-refractivity contribution in [3.63, 3.8) is 0 Å². The number of halogens is 1. The third-order valence-electron chi connectivity index (χ3n) is 4.21. The highest BCUT2D eigenvalue weighted by Gasteiger charge is 2.22. The van der Waals surface area contributed by atoms with E-state index in [1.807, 2.05) is 12.1 Å². The minimum Gasteiger partial charge on any atom is -0.478 e. The Balaban J connectivity index is 1.68. The number of aromatic nitrogens is 1. The molecule has 2 aromatic heterocycles. The van der Waals surface area contributed by atoms with Crippen molar-refractivity contribution in [1.82, 2.24) is 4.98 Å². The number of thiophene rings is 1. The zero-order valence-electron chi connectivity index (χ0n) is 13.8. The molecule has 0 amide bonds. The van der Waals surface area contributed by atoms with E-state index in [0.29, 0.717) is 21.0 Å². The highest BCUT2D eigenvalue weighted by molar-refractivity contribution is 7.16. The lowest BCUT2D eigenvalue weighted by molar-refractivity contribution is 0.0697. The quantitative estimate of drug-likeness (QED) is 0.420. The maximum atomic E-state index is 12.7. The van der Waals surface area contributed by atoms with Crippen LogP contribution in [-0.4, -0.2) is 21.8 Å². The van der Waals surface area contributed by atoms with E-state index < -0.39 is 5.97 Å². The lowest BCUT2D eigenvalue weighted by Crippen LogP contribution is -2.07. The first-order valence-electron chi connectivity index (χ1n) is 7.99. The Morgan fingerprint density at radius 1 is 1.07 bits per heavy atom. The fraction of sp³-hybridized carbons (Fsp3) is 0.0500. The van der Waals surface area contributed by atoms with Crippen molar-refractivity contribution in [3.05, 3.63) is 74.4 Å². The van der Waals surface area contributed by atoms with Crippen molar-refractivity contribution in [1.29, 1.82) is 0 Å². The standard InChI is InChI=1S/C20H12ClNO3S2/c21-13-4-1-11(2-5-13)14-9-26-18(19(14)20(24)25)8-16(23)12-3-6-15-17(7-12)27-10-22-15/h1-7,9-10H,8H2,(H,24,25). The molecule has 27 heavy (non-hydrogen) atoms. The topological polar surface area (TPSA) is 67.3 Å². The van der Waals surface area contributed by atoms with Crippen LogP contribution in [0.15, 0.2) is 53.4 Å². The van der Waals surface area contributed by atoms with Crippen LogP contribution in [0.4, 0.5) is 0 Å². The zero-order chi connectivity index (χ0) is 19.0. The SMILES string of the molecule is O=C(Cc1scc(-c2ccc(Cl)cc2)c1C(=O)O)c1ccc2ncsc2c1. The maximum Gasteiger partial charge on any atom is 0.337 e. The van der Waals surface area contributed by atoms with Gasteiger partial charge in [0.15, 0.2) is 5.78 Å². The summed E-state index contributed by atoms with van der Waals surface area (Å²) in [6.45, 7) is 0. The molecule has 0 saturated carbocycles. The largest absolute Gasteiger partial charge is 0.478 e. The molecule has 4 aromatic rings. The maximum absolute atomic E-state index is 12.7. The van der Waals surface area contributed by atoms with E-state index in [1.54, 1.807) is 41.2 Å². The number of carboxylic acids is 1. The van der Waals surface area contributed by atoms with Crippen LogP contribution in [0.5, 0.6) is 0 Å². The van der Waals surface area contributed by atoms with Gasteiger partial charge in [-0.3, -0.25) is 4.79 Å². The van der Waals surface area contributed by atoms with Crippen molar-refractivity contribution in [2.75, 3.05) is 0 Å². The number of thiazole rings is 1. The van der Waals surface area contributed by atoms with Gasteiger partial charge in [0.1, 0.15) is 0 Å². The Hall–Kier alpha value is -2.54. The number of carbonyl (C=O) groups excluding carboxylic acids is 1. The van der Waals surface area contributed by atoms with Gasteiger partial charge in [0.05, 0.1) is 21.3 Å². The molecule has 0 aliphatic carbocycles. The molecule has 0 fully saturated rings. The molecule has 0 aliphatic rings. The van der Waals surface area contributed by atoms with Crippen molar-refractivity contribution in [2.24, 2.45) is 0 Å². The predicted octanol–water partition coefficient (Wildman–Crippen LogP) is 5.80. The number of ketones is 1. The summed E-state index contributed by atoms with van der Waals surface area (Å²) in [6.07, 6.45) is 0.0458. The molecular formula is C20H12ClNO3S2. The number of carboxylic acid groups (broad SMARTS) is 1. The van der Waals surface area contributed by atoms with Crippen LogP contribution < -0.4 is 0 Å². The number of hydrogen-bond acceptors (Lipinski definition) is 5. The van der Waals surface area contributed by atoms with Crippen LogP contribution in [0.25, 0.3) is 21.3 Å². The Morgan fingerprint density at radius 2 is 1.85 bits per heavy atom. The molecule has 1 N–H and O–H groups in total. The molecular weight excluding hydrogens is 402 g/mol. The van der Waals surface area contributed by atoms with E-state index in [1.165, 1.54) is 22.7 Å². The lowest BCUT2D eigenvalue weighted by atomic mass is 10.00. The Labute approximate surface area is 167 Å². The van der Waals surface area contributed by atoms with Crippen LogP contribution >= 0.6 is 34.3 Å². The van der Waals surface area contributed by atoms with Crippen LogP contribution in [0, 0.1) is 0 Å². The van der Waals surface area contributed by atoms with Crippen LogP contribution in [-0.2, 0) is 6.42 Å². The number of carbonyl (C=O) groups is 2. The van der Waals surface area contributed by atoms with Gasteiger partial charge in [-0.25, -0.2) is 9.78 Å².